The van der Waals surface area contributed by atoms with E-state index in [1.807, 2.05) is 38.1 Å². The van der Waals surface area contributed by atoms with Gasteiger partial charge in [-0.2, -0.15) is 0 Å². The van der Waals surface area contributed by atoms with E-state index in [1.54, 1.807) is 11.8 Å². The van der Waals surface area contributed by atoms with Crippen LogP contribution in [0.1, 0.15) is 25.8 Å². The largest absolute Gasteiger partial charge is 0.491 e. The van der Waals surface area contributed by atoms with E-state index in [2.05, 4.69) is 5.32 Å². The first-order valence-corrected chi connectivity index (χ1v) is 7.89. The molecule has 3 atom stereocenters. The van der Waals surface area contributed by atoms with E-state index >= 15 is 0 Å². The molecular weight excluding hydrogens is 280 g/mol. The van der Waals surface area contributed by atoms with E-state index in [0.717, 1.165) is 17.7 Å². The molecule has 1 aliphatic heterocycles. The molecule has 0 bridgehead atoms. The molecule has 2 N–H and O–H groups in total. The lowest BCUT2D eigenvalue weighted by atomic mass is 10.0. The van der Waals surface area contributed by atoms with Crippen molar-refractivity contribution in [3.8, 4) is 5.75 Å². The van der Waals surface area contributed by atoms with E-state index in [-0.39, 0.29) is 24.1 Å². The number of aryl methyl sites for hydroxylation is 1. The lowest BCUT2D eigenvalue weighted by Crippen LogP contribution is -2.45. The van der Waals surface area contributed by atoms with E-state index in [9.17, 15) is 9.90 Å². The highest BCUT2D eigenvalue weighted by molar-refractivity contribution is 5.74. The van der Waals surface area contributed by atoms with Crippen LogP contribution in [-0.4, -0.2) is 47.9 Å². The average molecular weight is 306 g/mol. The van der Waals surface area contributed by atoms with Crippen molar-refractivity contribution in [3.05, 3.63) is 29.8 Å². The number of aliphatic hydroxyl groups is 1. The van der Waals surface area contributed by atoms with Crippen LogP contribution in [0.15, 0.2) is 24.3 Å². The number of urea groups is 1. The molecule has 0 unspecified atom stereocenters. The fourth-order valence-electron chi connectivity index (χ4n) is 2.64. The number of rotatable bonds is 5. The van der Waals surface area contributed by atoms with Crippen LogP contribution in [0.25, 0.3) is 0 Å². The highest BCUT2D eigenvalue weighted by Crippen LogP contribution is 2.20. The second-order valence-corrected chi connectivity index (χ2v) is 6.16. The molecule has 1 aromatic rings. The summed E-state index contributed by atoms with van der Waals surface area (Å²) in [7, 11) is 0. The number of carbonyl (C=O) groups is 1. The number of benzene rings is 1. The second kappa shape index (κ2) is 7.49. The molecule has 1 saturated heterocycles. The minimum absolute atomic E-state index is 0.0716. The molecule has 0 aliphatic carbocycles. The summed E-state index contributed by atoms with van der Waals surface area (Å²) in [5, 5.41) is 12.5. The van der Waals surface area contributed by atoms with Crippen molar-refractivity contribution in [2.24, 2.45) is 5.92 Å². The van der Waals surface area contributed by atoms with Crippen molar-refractivity contribution in [2.75, 3.05) is 19.7 Å². The van der Waals surface area contributed by atoms with Gasteiger partial charge >= 0.3 is 6.03 Å². The first-order chi connectivity index (χ1) is 10.5. The number of para-hydroxylation sites is 1. The topological polar surface area (TPSA) is 61.8 Å². The Morgan fingerprint density at radius 1 is 1.45 bits per heavy atom. The maximum atomic E-state index is 12.2. The molecule has 1 heterocycles. The summed E-state index contributed by atoms with van der Waals surface area (Å²) in [4.78, 5) is 13.9. The predicted molar refractivity (Wildman–Crippen MR) is 86.0 cm³/mol. The second-order valence-electron chi connectivity index (χ2n) is 6.16. The lowest BCUT2D eigenvalue weighted by molar-refractivity contribution is 0.128. The van der Waals surface area contributed by atoms with Gasteiger partial charge in [0.25, 0.3) is 0 Å². The van der Waals surface area contributed by atoms with Gasteiger partial charge in [-0.3, -0.25) is 0 Å². The number of nitrogens with one attached hydrogen (secondary N) is 1. The third-order valence-electron chi connectivity index (χ3n) is 4.15. The molecule has 0 aromatic heterocycles. The quantitative estimate of drug-likeness (QED) is 0.876. The number of carbonyl (C=O) groups excluding carboxylic acids is 1. The van der Waals surface area contributed by atoms with Crippen LogP contribution >= 0.6 is 0 Å². The van der Waals surface area contributed by atoms with Crippen LogP contribution in [0, 0.1) is 12.8 Å². The Labute approximate surface area is 132 Å². The Hall–Kier alpha value is -1.75. The molecule has 0 radical (unpaired) electrons. The summed E-state index contributed by atoms with van der Waals surface area (Å²) < 4.78 is 5.75. The van der Waals surface area contributed by atoms with Gasteiger partial charge < -0.3 is 20.1 Å². The van der Waals surface area contributed by atoms with Crippen molar-refractivity contribution in [1.29, 1.82) is 0 Å². The van der Waals surface area contributed by atoms with Gasteiger partial charge in [0.05, 0.1) is 12.1 Å². The zero-order valence-corrected chi connectivity index (χ0v) is 13.6. The number of hydrogen-bond donors (Lipinski definition) is 2. The Kier molecular flexibility index (Phi) is 5.66. The molecule has 0 saturated carbocycles. The molecular formula is C17H26N2O3. The SMILES string of the molecule is Cc1ccccc1OC[C@H](C)NC(=O)N1CC[C@@H]([C@H](C)O)C1. The number of ether oxygens (including phenoxy) is 1. The van der Waals surface area contributed by atoms with Crippen molar-refractivity contribution >= 4 is 6.03 Å². The van der Waals surface area contributed by atoms with Gasteiger partial charge in [0, 0.05) is 19.0 Å². The Balaban J connectivity index is 1.76. The van der Waals surface area contributed by atoms with Crippen LogP contribution in [-0.2, 0) is 0 Å². The van der Waals surface area contributed by atoms with Crippen LogP contribution in [0.3, 0.4) is 0 Å². The summed E-state index contributed by atoms with van der Waals surface area (Å²) in [5.74, 6) is 1.03. The summed E-state index contributed by atoms with van der Waals surface area (Å²) in [6, 6.07) is 7.68. The van der Waals surface area contributed by atoms with Gasteiger partial charge in [-0.05, 0) is 38.8 Å². The molecule has 1 aromatic carbocycles. The summed E-state index contributed by atoms with van der Waals surface area (Å²) >= 11 is 0. The van der Waals surface area contributed by atoms with E-state index in [4.69, 9.17) is 4.74 Å². The third kappa shape index (κ3) is 4.37. The zero-order valence-electron chi connectivity index (χ0n) is 13.6. The predicted octanol–water partition coefficient (Wildman–Crippen LogP) is 2.17. The van der Waals surface area contributed by atoms with Crippen molar-refractivity contribution in [3.63, 3.8) is 0 Å². The van der Waals surface area contributed by atoms with Crippen LogP contribution < -0.4 is 10.1 Å². The summed E-state index contributed by atoms with van der Waals surface area (Å²) in [6.45, 7) is 7.47. The minimum Gasteiger partial charge on any atom is -0.491 e. The molecule has 5 heteroatoms. The molecule has 2 amide bonds. The molecule has 1 fully saturated rings. The average Bonchev–Trinajstić information content (AvgIpc) is 2.96. The first kappa shape index (κ1) is 16.6. The van der Waals surface area contributed by atoms with E-state index in [1.165, 1.54) is 0 Å². The van der Waals surface area contributed by atoms with E-state index < -0.39 is 0 Å². The highest BCUT2D eigenvalue weighted by atomic mass is 16.5. The fourth-order valence-corrected chi connectivity index (χ4v) is 2.64. The lowest BCUT2D eigenvalue weighted by Gasteiger charge is -2.22. The molecule has 5 nitrogen and oxygen atoms in total. The molecule has 22 heavy (non-hydrogen) atoms. The number of nitrogens with zero attached hydrogens (tertiary/aromatic N) is 1. The van der Waals surface area contributed by atoms with Gasteiger partial charge in [0.2, 0.25) is 0 Å². The van der Waals surface area contributed by atoms with Crippen molar-refractivity contribution in [1.82, 2.24) is 10.2 Å². The standard InChI is InChI=1S/C17H26N2O3/c1-12-6-4-5-7-16(12)22-11-13(2)18-17(21)19-9-8-15(10-19)14(3)20/h4-7,13-15,20H,8-11H2,1-3H3,(H,18,21)/t13-,14-,15+/m0/s1. The molecule has 0 spiro atoms. The van der Waals surface area contributed by atoms with Crippen molar-refractivity contribution < 1.29 is 14.6 Å². The summed E-state index contributed by atoms with van der Waals surface area (Å²) in [5.41, 5.74) is 1.08. The first-order valence-electron chi connectivity index (χ1n) is 7.89. The fraction of sp³-hybridized carbons (Fsp3) is 0.588. The van der Waals surface area contributed by atoms with E-state index in [0.29, 0.717) is 19.7 Å². The maximum Gasteiger partial charge on any atom is 0.317 e. The zero-order chi connectivity index (χ0) is 16.1. The van der Waals surface area contributed by atoms with Crippen molar-refractivity contribution in [2.45, 2.75) is 39.3 Å². The third-order valence-corrected chi connectivity index (χ3v) is 4.15. The molecule has 2 rings (SSSR count). The highest BCUT2D eigenvalue weighted by Gasteiger charge is 2.29. The Morgan fingerprint density at radius 2 is 2.18 bits per heavy atom. The number of likely N-dealkylation sites (tertiary alicyclic amines) is 1. The van der Waals surface area contributed by atoms with Crippen LogP contribution in [0.5, 0.6) is 5.75 Å². The van der Waals surface area contributed by atoms with Gasteiger partial charge in [-0.15, -0.1) is 0 Å². The monoisotopic (exact) mass is 306 g/mol. The van der Waals surface area contributed by atoms with Crippen LogP contribution in [0.4, 0.5) is 4.79 Å². The number of amides is 2. The smallest absolute Gasteiger partial charge is 0.317 e. The van der Waals surface area contributed by atoms with Gasteiger partial charge in [-0.25, -0.2) is 4.79 Å². The Bertz CT molecular complexity index is 504. The summed E-state index contributed by atoms with van der Waals surface area (Å²) in [6.07, 6.45) is 0.499. The normalized spacial score (nSPS) is 20.5. The molecule has 122 valence electrons. The van der Waals surface area contributed by atoms with Gasteiger partial charge in [0.1, 0.15) is 12.4 Å². The molecule has 1 aliphatic rings. The van der Waals surface area contributed by atoms with Gasteiger partial charge in [-0.1, -0.05) is 18.2 Å². The van der Waals surface area contributed by atoms with Crippen LogP contribution in [0.2, 0.25) is 0 Å². The van der Waals surface area contributed by atoms with Gasteiger partial charge in [0.15, 0.2) is 0 Å². The minimum atomic E-state index is -0.361. The Morgan fingerprint density at radius 3 is 2.82 bits per heavy atom. The number of hydrogen-bond acceptors (Lipinski definition) is 3. The number of aliphatic hydroxyl groups excluding tert-OH is 1. The maximum absolute atomic E-state index is 12.2.